The number of hydrogen-bond acceptors (Lipinski definition) is 1. The second-order valence-corrected chi connectivity index (χ2v) is 16.4. The first-order chi connectivity index (χ1) is 31.3. The average molecular weight is 800 g/mol. The minimum Gasteiger partial charge on any atom is -0.309 e. The molecule has 0 saturated heterocycles. The lowest BCUT2D eigenvalue weighted by Gasteiger charge is -2.30. The van der Waals surface area contributed by atoms with E-state index in [1.807, 2.05) is 0 Å². The van der Waals surface area contributed by atoms with Gasteiger partial charge in [0.25, 0.3) is 0 Å². The molecular formula is C62H41N. The maximum atomic E-state index is 2.48. The molecule has 12 rings (SSSR count). The molecule has 12 aromatic rings. The largest absolute Gasteiger partial charge is 0.309 e. The summed E-state index contributed by atoms with van der Waals surface area (Å²) in [7, 11) is 0. The van der Waals surface area contributed by atoms with E-state index in [1.165, 1.54) is 92.8 Å². The van der Waals surface area contributed by atoms with Crippen molar-refractivity contribution in [1.82, 2.24) is 0 Å². The fourth-order valence-electron chi connectivity index (χ4n) is 9.98. The van der Waals surface area contributed by atoms with Gasteiger partial charge in [-0.2, -0.15) is 0 Å². The number of fused-ring (bicyclic) bond motifs is 7. The second kappa shape index (κ2) is 15.3. The van der Waals surface area contributed by atoms with Gasteiger partial charge >= 0.3 is 0 Å². The van der Waals surface area contributed by atoms with E-state index < -0.39 is 0 Å². The summed E-state index contributed by atoms with van der Waals surface area (Å²) >= 11 is 0. The topological polar surface area (TPSA) is 3.24 Å². The zero-order chi connectivity index (χ0) is 41.7. The van der Waals surface area contributed by atoms with E-state index in [1.54, 1.807) is 0 Å². The van der Waals surface area contributed by atoms with Gasteiger partial charge in [-0.1, -0.05) is 224 Å². The van der Waals surface area contributed by atoms with Crippen LogP contribution in [0, 0.1) is 0 Å². The van der Waals surface area contributed by atoms with Crippen molar-refractivity contribution < 1.29 is 0 Å². The minimum atomic E-state index is 1.08. The van der Waals surface area contributed by atoms with Crippen LogP contribution in [-0.2, 0) is 0 Å². The Bertz CT molecular complexity index is 3670. The molecule has 0 saturated carbocycles. The van der Waals surface area contributed by atoms with E-state index in [9.17, 15) is 0 Å². The van der Waals surface area contributed by atoms with Crippen LogP contribution in [0.5, 0.6) is 0 Å². The first-order valence-corrected chi connectivity index (χ1v) is 21.8. The molecule has 0 spiro atoms. The minimum absolute atomic E-state index is 1.08. The highest BCUT2D eigenvalue weighted by molar-refractivity contribution is 6.15. The van der Waals surface area contributed by atoms with Crippen LogP contribution in [0.15, 0.2) is 249 Å². The molecule has 12 aromatic carbocycles. The zero-order valence-corrected chi connectivity index (χ0v) is 34.6. The SMILES string of the molecule is c1ccc(-c2cccc3cccc(-c4ccccc4N(c4ccc(-c5cccc6c5ccc5ccccc56)cc4)c4ccccc4-c4cccc5c4ccc4ccccc45)c23)cc1. The van der Waals surface area contributed by atoms with E-state index >= 15 is 0 Å². The second-order valence-electron chi connectivity index (χ2n) is 16.4. The average Bonchev–Trinajstić information content (AvgIpc) is 3.36. The van der Waals surface area contributed by atoms with Crippen molar-refractivity contribution in [3.05, 3.63) is 249 Å². The van der Waals surface area contributed by atoms with Crippen molar-refractivity contribution in [2.75, 3.05) is 4.90 Å². The molecule has 294 valence electrons. The standard InChI is InChI=1S/C62H41N/c1-2-16-42(17-3-1)51-27-12-20-46-21-13-31-59(62(46)51)58-25-9-11-33-61(58)63(47-38-34-45(35-39-47)50-26-14-28-52-48-22-6-4-18-43(48)36-40-55(50)52)60-32-10-8-24-57(60)54-30-15-29-53-49-23-7-5-19-44(49)37-41-56(53)54/h1-41H. The van der Waals surface area contributed by atoms with Crippen molar-refractivity contribution >= 4 is 70.9 Å². The maximum Gasteiger partial charge on any atom is 0.0540 e. The van der Waals surface area contributed by atoms with E-state index in [0.29, 0.717) is 0 Å². The third-order valence-corrected chi connectivity index (χ3v) is 12.9. The molecule has 0 radical (unpaired) electrons. The summed E-state index contributed by atoms with van der Waals surface area (Å²) in [4.78, 5) is 2.48. The highest BCUT2D eigenvalue weighted by atomic mass is 15.1. The number of para-hydroxylation sites is 2. The molecule has 0 bridgehead atoms. The molecule has 0 aliphatic heterocycles. The van der Waals surface area contributed by atoms with Gasteiger partial charge in [0.05, 0.1) is 11.4 Å². The van der Waals surface area contributed by atoms with Gasteiger partial charge in [0.1, 0.15) is 0 Å². The molecule has 0 unspecified atom stereocenters. The Labute approximate surface area is 367 Å². The van der Waals surface area contributed by atoms with Crippen LogP contribution in [0.4, 0.5) is 17.1 Å². The zero-order valence-electron chi connectivity index (χ0n) is 34.6. The van der Waals surface area contributed by atoms with E-state index in [4.69, 9.17) is 0 Å². The Morgan fingerprint density at radius 3 is 1.29 bits per heavy atom. The van der Waals surface area contributed by atoms with Gasteiger partial charge in [0.15, 0.2) is 0 Å². The third kappa shape index (κ3) is 6.25. The number of anilines is 3. The van der Waals surface area contributed by atoms with Crippen LogP contribution >= 0.6 is 0 Å². The lowest BCUT2D eigenvalue weighted by atomic mass is 9.90. The van der Waals surface area contributed by atoms with Crippen LogP contribution in [0.1, 0.15) is 0 Å². The van der Waals surface area contributed by atoms with Gasteiger partial charge in [-0.15, -0.1) is 0 Å². The lowest BCUT2D eigenvalue weighted by molar-refractivity contribution is 1.29. The summed E-state index contributed by atoms with van der Waals surface area (Å²) in [5, 5.41) is 12.5. The Morgan fingerprint density at radius 2 is 0.635 bits per heavy atom. The molecular weight excluding hydrogens is 759 g/mol. The van der Waals surface area contributed by atoms with Crippen molar-refractivity contribution in [3.63, 3.8) is 0 Å². The molecule has 0 aromatic heterocycles. The van der Waals surface area contributed by atoms with Crippen molar-refractivity contribution in [3.8, 4) is 44.5 Å². The van der Waals surface area contributed by atoms with Gasteiger partial charge in [-0.3, -0.25) is 0 Å². The van der Waals surface area contributed by atoms with Crippen LogP contribution in [-0.4, -0.2) is 0 Å². The van der Waals surface area contributed by atoms with Gasteiger partial charge in [-0.05, 0) is 112 Å². The fourth-order valence-corrected chi connectivity index (χ4v) is 9.98. The highest BCUT2D eigenvalue weighted by Gasteiger charge is 2.23. The lowest BCUT2D eigenvalue weighted by Crippen LogP contribution is -2.12. The Morgan fingerprint density at radius 1 is 0.206 bits per heavy atom. The van der Waals surface area contributed by atoms with Gasteiger partial charge in [0.2, 0.25) is 0 Å². The fraction of sp³-hybridized carbons (Fsp3) is 0. The Hall–Kier alpha value is -8.26. The summed E-state index contributed by atoms with van der Waals surface area (Å²) in [5.41, 5.74) is 12.9. The third-order valence-electron chi connectivity index (χ3n) is 12.9. The van der Waals surface area contributed by atoms with Crippen LogP contribution in [0.25, 0.3) is 98.4 Å². The predicted octanol–water partition coefficient (Wildman–Crippen LogP) is 17.6. The number of hydrogen-bond donors (Lipinski definition) is 0. The summed E-state index contributed by atoms with van der Waals surface area (Å²) in [6, 6.07) is 91.1. The molecule has 0 aliphatic rings. The number of benzene rings is 12. The first kappa shape index (κ1) is 36.6. The van der Waals surface area contributed by atoms with Crippen LogP contribution in [0.2, 0.25) is 0 Å². The smallest absolute Gasteiger partial charge is 0.0540 e. The van der Waals surface area contributed by atoms with E-state index in [-0.39, 0.29) is 0 Å². The van der Waals surface area contributed by atoms with Gasteiger partial charge in [0, 0.05) is 16.8 Å². The maximum absolute atomic E-state index is 2.48. The molecule has 0 aliphatic carbocycles. The quantitative estimate of drug-likeness (QED) is 0.145. The molecule has 63 heavy (non-hydrogen) atoms. The molecule has 0 amide bonds. The monoisotopic (exact) mass is 799 g/mol. The van der Waals surface area contributed by atoms with Crippen LogP contribution in [0.3, 0.4) is 0 Å². The Kier molecular flexibility index (Phi) is 8.90. The number of nitrogens with zero attached hydrogens (tertiary/aromatic N) is 1. The Balaban J connectivity index is 1.09. The van der Waals surface area contributed by atoms with Crippen molar-refractivity contribution in [2.45, 2.75) is 0 Å². The van der Waals surface area contributed by atoms with Crippen molar-refractivity contribution in [2.24, 2.45) is 0 Å². The van der Waals surface area contributed by atoms with E-state index in [2.05, 4.69) is 254 Å². The first-order valence-electron chi connectivity index (χ1n) is 21.8. The van der Waals surface area contributed by atoms with Gasteiger partial charge < -0.3 is 4.90 Å². The summed E-state index contributed by atoms with van der Waals surface area (Å²) in [6.45, 7) is 0. The van der Waals surface area contributed by atoms with Crippen LogP contribution < -0.4 is 4.90 Å². The molecule has 0 N–H and O–H groups in total. The predicted molar refractivity (Wildman–Crippen MR) is 270 cm³/mol. The number of rotatable bonds is 7. The highest BCUT2D eigenvalue weighted by Crippen LogP contribution is 2.48. The molecule has 1 nitrogen and oxygen atoms in total. The summed E-state index contributed by atoms with van der Waals surface area (Å²) < 4.78 is 0. The van der Waals surface area contributed by atoms with Crippen molar-refractivity contribution in [1.29, 1.82) is 0 Å². The molecule has 0 fully saturated rings. The normalized spacial score (nSPS) is 11.5. The molecule has 0 heterocycles. The van der Waals surface area contributed by atoms with E-state index in [0.717, 1.165) is 22.6 Å². The van der Waals surface area contributed by atoms with Gasteiger partial charge in [-0.25, -0.2) is 0 Å². The summed E-state index contributed by atoms with van der Waals surface area (Å²) in [6.07, 6.45) is 0. The molecule has 1 heteroatoms. The summed E-state index contributed by atoms with van der Waals surface area (Å²) in [5.74, 6) is 0. The molecule has 0 atom stereocenters.